The van der Waals surface area contributed by atoms with Gasteiger partial charge in [0.1, 0.15) is 15.6 Å². The Hall–Kier alpha value is -2.96. The van der Waals surface area contributed by atoms with Crippen LogP contribution in [-0.4, -0.2) is 64.0 Å². The van der Waals surface area contributed by atoms with Crippen molar-refractivity contribution >= 4 is 44.2 Å². The molecule has 0 saturated carbocycles. The van der Waals surface area contributed by atoms with Crippen LogP contribution in [0, 0.1) is 12.8 Å². The van der Waals surface area contributed by atoms with Gasteiger partial charge < -0.3 is 19.5 Å². The van der Waals surface area contributed by atoms with Crippen molar-refractivity contribution in [2.75, 3.05) is 38.7 Å². The van der Waals surface area contributed by atoms with Gasteiger partial charge in [0, 0.05) is 13.1 Å². The van der Waals surface area contributed by atoms with Gasteiger partial charge in [-0.3, -0.25) is 4.79 Å². The average Bonchev–Trinajstić information content (AvgIpc) is 3.20. The third-order valence-electron chi connectivity index (χ3n) is 5.78. The number of hydrogen-bond acceptors (Lipinski definition) is 9. The normalized spacial score (nSPS) is 16.3. The number of carbonyl (C=O) groups excluding carboxylic acids is 3. The van der Waals surface area contributed by atoms with Crippen LogP contribution in [0.25, 0.3) is 0 Å². The quantitative estimate of drug-likeness (QED) is 0.481. The van der Waals surface area contributed by atoms with E-state index in [-0.39, 0.29) is 46.6 Å². The van der Waals surface area contributed by atoms with Gasteiger partial charge in [0.15, 0.2) is 0 Å². The molecule has 1 fully saturated rings. The number of rotatable bonds is 9. The molecule has 3 rings (SSSR count). The van der Waals surface area contributed by atoms with Crippen molar-refractivity contribution in [3.63, 3.8) is 0 Å². The van der Waals surface area contributed by atoms with Gasteiger partial charge in [0.2, 0.25) is 15.9 Å². The molecule has 12 heteroatoms. The number of thiophene rings is 1. The fourth-order valence-electron chi connectivity index (χ4n) is 3.93. The number of amides is 1. The van der Waals surface area contributed by atoms with Gasteiger partial charge >= 0.3 is 11.9 Å². The van der Waals surface area contributed by atoms with Crippen LogP contribution in [0.5, 0.6) is 5.75 Å². The van der Waals surface area contributed by atoms with Crippen LogP contribution in [0.3, 0.4) is 0 Å². The Kier molecular flexibility index (Phi) is 9.09. The van der Waals surface area contributed by atoms with Crippen LogP contribution in [0.2, 0.25) is 0 Å². The lowest BCUT2D eigenvalue weighted by molar-refractivity contribution is -0.120. The van der Waals surface area contributed by atoms with E-state index in [1.165, 1.54) is 23.5 Å². The number of methoxy groups -OCH3 is 1. The third kappa shape index (κ3) is 5.88. The van der Waals surface area contributed by atoms with E-state index in [2.05, 4.69) is 5.32 Å². The summed E-state index contributed by atoms with van der Waals surface area (Å²) in [5, 5.41) is 2.91. The van der Waals surface area contributed by atoms with Gasteiger partial charge in [-0.1, -0.05) is 0 Å². The molecule has 10 nitrogen and oxygen atoms in total. The van der Waals surface area contributed by atoms with Crippen molar-refractivity contribution < 1.29 is 37.0 Å². The number of benzene rings is 1. The zero-order chi connectivity index (χ0) is 26.5. The smallest absolute Gasteiger partial charge is 0.348 e. The first-order valence-electron chi connectivity index (χ1n) is 11.6. The zero-order valence-corrected chi connectivity index (χ0v) is 22.3. The minimum atomic E-state index is -3.81. The van der Waals surface area contributed by atoms with Crippen LogP contribution in [0.4, 0.5) is 5.00 Å². The minimum Gasteiger partial charge on any atom is -0.497 e. The summed E-state index contributed by atoms with van der Waals surface area (Å²) in [6, 6.07) is 6.07. The molecule has 36 heavy (non-hydrogen) atoms. The van der Waals surface area contributed by atoms with Gasteiger partial charge in [0.05, 0.1) is 36.7 Å². The lowest BCUT2D eigenvalue weighted by Gasteiger charge is -2.31. The van der Waals surface area contributed by atoms with Crippen molar-refractivity contribution in [1.82, 2.24) is 4.31 Å². The molecule has 2 aromatic rings. The van der Waals surface area contributed by atoms with Gasteiger partial charge in [-0.25, -0.2) is 18.0 Å². The summed E-state index contributed by atoms with van der Waals surface area (Å²) in [6.45, 7) is 5.48. The number of carbonyl (C=O) groups is 3. The molecule has 196 valence electrons. The Bertz CT molecular complexity index is 1220. The van der Waals surface area contributed by atoms with E-state index in [9.17, 15) is 22.8 Å². The number of piperidine rings is 1. The molecule has 0 radical (unpaired) electrons. The first-order chi connectivity index (χ1) is 17.1. The summed E-state index contributed by atoms with van der Waals surface area (Å²) in [7, 11) is -2.31. The largest absolute Gasteiger partial charge is 0.497 e. The lowest BCUT2D eigenvalue weighted by atomic mass is 9.99. The lowest BCUT2D eigenvalue weighted by Crippen LogP contribution is -2.43. The molecule has 0 aliphatic carbocycles. The molecule has 1 aromatic carbocycles. The highest BCUT2D eigenvalue weighted by Crippen LogP contribution is 2.35. The Labute approximate surface area is 214 Å². The van der Waals surface area contributed by atoms with Crippen LogP contribution >= 0.6 is 11.3 Å². The molecular formula is C24H30N2O8S2. The monoisotopic (exact) mass is 538 g/mol. The maximum atomic E-state index is 13.2. The molecule has 1 atom stereocenters. The first-order valence-corrected chi connectivity index (χ1v) is 13.8. The predicted octanol–water partition coefficient (Wildman–Crippen LogP) is 3.46. The van der Waals surface area contributed by atoms with Crippen LogP contribution in [-0.2, 0) is 24.3 Å². The van der Waals surface area contributed by atoms with E-state index in [0.29, 0.717) is 24.2 Å². The van der Waals surface area contributed by atoms with E-state index in [0.717, 1.165) is 11.3 Å². The van der Waals surface area contributed by atoms with E-state index < -0.39 is 33.8 Å². The summed E-state index contributed by atoms with van der Waals surface area (Å²) in [5.41, 5.74) is 0.455. The second kappa shape index (κ2) is 11.8. The van der Waals surface area contributed by atoms with Crippen LogP contribution in [0.1, 0.15) is 52.3 Å². The van der Waals surface area contributed by atoms with E-state index in [4.69, 9.17) is 14.2 Å². The van der Waals surface area contributed by atoms with Crippen molar-refractivity contribution in [3.8, 4) is 5.75 Å². The molecule has 1 amide bonds. The second-order valence-electron chi connectivity index (χ2n) is 8.07. The van der Waals surface area contributed by atoms with E-state index in [1.54, 1.807) is 32.9 Å². The Balaban J connectivity index is 1.82. The molecule has 1 N–H and O–H groups in total. The molecule has 1 unspecified atom stereocenters. The number of hydrogen-bond donors (Lipinski definition) is 1. The first kappa shape index (κ1) is 27.6. The fraction of sp³-hybridized carbons (Fsp3) is 0.458. The van der Waals surface area contributed by atoms with Crippen LogP contribution in [0.15, 0.2) is 29.2 Å². The fourth-order valence-corrected chi connectivity index (χ4v) is 6.54. The Morgan fingerprint density at radius 3 is 2.33 bits per heavy atom. The molecular weight excluding hydrogens is 508 g/mol. The standard InChI is InChI=1S/C24H30N2O8S2/c1-5-33-23(28)19-15(3)20(24(29)34-6-2)35-22(19)25-21(27)16-8-7-13-26(14-16)36(30,31)18-11-9-17(32-4)10-12-18/h9-12,16H,5-8,13-14H2,1-4H3,(H,25,27). The molecule has 0 spiro atoms. The van der Waals surface area contributed by atoms with Gasteiger partial charge in [-0.05, 0) is 63.4 Å². The highest BCUT2D eigenvalue weighted by Gasteiger charge is 2.35. The van der Waals surface area contributed by atoms with E-state index >= 15 is 0 Å². The predicted molar refractivity (Wildman–Crippen MR) is 134 cm³/mol. The number of sulfonamides is 1. The highest BCUT2D eigenvalue weighted by molar-refractivity contribution is 7.89. The van der Waals surface area contributed by atoms with Crippen molar-refractivity contribution in [3.05, 3.63) is 40.3 Å². The molecule has 1 aliphatic rings. The minimum absolute atomic E-state index is 0.00989. The number of esters is 2. The van der Waals surface area contributed by atoms with Crippen molar-refractivity contribution in [1.29, 1.82) is 0 Å². The van der Waals surface area contributed by atoms with Gasteiger partial charge in [-0.15, -0.1) is 11.3 Å². The molecule has 2 heterocycles. The van der Waals surface area contributed by atoms with Crippen LogP contribution < -0.4 is 10.1 Å². The zero-order valence-electron chi connectivity index (χ0n) is 20.7. The number of nitrogens with one attached hydrogen (secondary N) is 1. The SMILES string of the molecule is CCOC(=O)c1sc(NC(=O)C2CCCN(S(=O)(=O)c3ccc(OC)cc3)C2)c(C(=O)OCC)c1C. The molecule has 1 aliphatic heterocycles. The molecule has 0 bridgehead atoms. The summed E-state index contributed by atoms with van der Waals surface area (Å²) < 4.78 is 42.9. The van der Waals surface area contributed by atoms with Gasteiger partial charge in [-0.2, -0.15) is 4.31 Å². The Morgan fingerprint density at radius 2 is 1.72 bits per heavy atom. The second-order valence-corrected chi connectivity index (χ2v) is 11.0. The Morgan fingerprint density at radius 1 is 1.08 bits per heavy atom. The summed E-state index contributed by atoms with van der Waals surface area (Å²) in [6.07, 6.45) is 0.972. The number of anilines is 1. The molecule has 1 saturated heterocycles. The average molecular weight is 539 g/mol. The molecule has 1 aromatic heterocycles. The van der Waals surface area contributed by atoms with Crippen molar-refractivity contribution in [2.24, 2.45) is 5.92 Å². The summed E-state index contributed by atoms with van der Waals surface area (Å²) >= 11 is 0.936. The highest BCUT2D eigenvalue weighted by atomic mass is 32.2. The van der Waals surface area contributed by atoms with E-state index in [1.807, 2.05) is 0 Å². The summed E-state index contributed by atoms with van der Waals surface area (Å²) in [5.74, 6) is -1.80. The van der Waals surface area contributed by atoms with Crippen molar-refractivity contribution in [2.45, 2.75) is 38.5 Å². The van der Waals surface area contributed by atoms with Gasteiger partial charge in [0.25, 0.3) is 0 Å². The number of ether oxygens (including phenoxy) is 3. The third-order valence-corrected chi connectivity index (χ3v) is 8.84. The maximum Gasteiger partial charge on any atom is 0.348 e. The topological polar surface area (TPSA) is 128 Å². The number of nitrogens with zero attached hydrogens (tertiary/aromatic N) is 1. The summed E-state index contributed by atoms with van der Waals surface area (Å²) in [4.78, 5) is 38.5. The maximum absolute atomic E-state index is 13.2.